The molecule has 0 aliphatic heterocycles. The van der Waals surface area contributed by atoms with Crippen molar-refractivity contribution in [1.29, 1.82) is 0 Å². The van der Waals surface area contributed by atoms with Crippen molar-refractivity contribution >= 4 is 11.8 Å². The van der Waals surface area contributed by atoms with Crippen LogP contribution in [0.2, 0.25) is 0 Å². The van der Waals surface area contributed by atoms with E-state index >= 15 is 0 Å². The van der Waals surface area contributed by atoms with Crippen LogP contribution in [0.3, 0.4) is 0 Å². The molecule has 0 radical (unpaired) electrons. The number of aromatic nitrogens is 3. The van der Waals surface area contributed by atoms with Crippen LogP contribution < -0.4 is 0 Å². The third-order valence-electron chi connectivity index (χ3n) is 2.66. The lowest BCUT2D eigenvalue weighted by Crippen LogP contribution is -2.04. The number of nitrogens with zero attached hydrogens (tertiary/aromatic N) is 3. The zero-order valence-electron chi connectivity index (χ0n) is 10.2. The molecule has 0 atom stereocenters. The molecule has 1 heterocycles. The lowest BCUT2D eigenvalue weighted by molar-refractivity contribution is 0.599. The summed E-state index contributed by atoms with van der Waals surface area (Å²) >= 11 is 1.78. The van der Waals surface area contributed by atoms with Crippen LogP contribution in [0, 0.1) is 0 Å². The Morgan fingerprint density at radius 2 is 2.19 bits per heavy atom. The van der Waals surface area contributed by atoms with Gasteiger partial charge in [0, 0.05) is 17.7 Å². The molecular weight excluding hydrogens is 218 g/mol. The van der Waals surface area contributed by atoms with E-state index in [-0.39, 0.29) is 0 Å². The van der Waals surface area contributed by atoms with Gasteiger partial charge in [-0.3, -0.25) is 0 Å². The van der Waals surface area contributed by atoms with E-state index < -0.39 is 0 Å². The maximum atomic E-state index is 4.32. The molecule has 1 aromatic rings. The molecule has 1 aliphatic rings. The summed E-state index contributed by atoms with van der Waals surface area (Å²) in [6.45, 7) is 6.41. The summed E-state index contributed by atoms with van der Waals surface area (Å²) in [5.74, 6) is 2.59. The van der Waals surface area contributed by atoms with Crippen LogP contribution in [-0.4, -0.2) is 20.5 Å². The standard InChI is InChI=1S/C12H19N3S/c1-4-5-8-16-12-14-13-11(9(2)3)15(12)10-6-7-10/h4-5,9-10H,6-8H2,1-3H3/b5-4+. The average Bonchev–Trinajstić information content (AvgIpc) is 3.00. The molecule has 1 aromatic heterocycles. The highest BCUT2D eigenvalue weighted by atomic mass is 32.2. The minimum absolute atomic E-state index is 0.462. The normalized spacial score (nSPS) is 16.5. The largest absolute Gasteiger partial charge is 0.303 e. The van der Waals surface area contributed by atoms with E-state index in [1.165, 1.54) is 12.8 Å². The fourth-order valence-electron chi connectivity index (χ4n) is 1.68. The van der Waals surface area contributed by atoms with Gasteiger partial charge >= 0.3 is 0 Å². The van der Waals surface area contributed by atoms with Gasteiger partial charge in [0.1, 0.15) is 5.82 Å². The maximum absolute atomic E-state index is 4.32. The Balaban J connectivity index is 2.17. The fraction of sp³-hybridized carbons (Fsp3) is 0.667. The predicted molar refractivity (Wildman–Crippen MR) is 67.9 cm³/mol. The molecule has 88 valence electrons. The first-order valence-corrected chi connectivity index (χ1v) is 6.91. The first-order chi connectivity index (χ1) is 7.74. The molecular formula is C12H19N3S. The van der Waals surface area contributed by atoms with E-state index in [0.717, 1.165) is 16.7 Å². The molecule has 0 unspecified atom stereocenters. The topological polar surface area (TPSA) is 30.7 Å². The monoisotopic (exact) mass is 237 g/mol. The number of hydrogen-bond donors (Lipinski definition) is 0. The number of allylic oxidation sites excluding steroid dienone is 1. The van der Waals surface area contributed by atoms with Crippen LogP contribution in [0.1, 0.15) is 51.4 Å². The van der Waals surface area contributed by atoms with Gasteiger partial charge in [-0.1, -0.05) is 37.8 Å². The number of thioether (sulfide) groups is 1. The second kappa shape index (κ2) is 5.04. The molecule has 2 rings (SSSR count). The summed E-state index contributed by atoms with van der Waals surface area (Å²) in [4.78, 5) is 0. The van der Waals surface area contributed by atoms with Gasteiger partial charge in [-0.05, 0) is 19.8 Å². The molecule has 16 heavy (non-hydrogen) atoms. The first kappa shape index (κ1) is 11.7. The summed E-state index contributed by atoms with van der Waals surface area (Å²) in [5, 5.41) is 9.72. The van der Waals surface area contributed by atoms with Crippen molar-refractivity contribution in [2.45, 2.75) is 50.7 Å². The summed E-state index contributed by atoms with van der Waals surface area (Å²) in [7, 11) is 0. The molecule has 0 spiro atoms. The van der Waals surface area contributed by atoms with Crippen LogP contribution in [0.4, 0.5) is 0 Å². The van der Waals surface area contributed by atoms with Gasteiger partial charge in [0.05, 0.1) is 0 Å². The molecule has 1 fully saturated rings. The molecule has 3 nitrogen and oxygen atoms in total. The highest BCUT2D eigenvalue weighted by Crippen LogP contribution is 2.39. The fourth-order valence-corrected chi connectivity index (χ4v) is 2.59. The van der Waals surface area contributed by atoms with Crippen molar-refractivity contribution in [1.82, 2.24) is 14.8 Å². The van der Waals surface area contributed by atoms with E-state index in [1.807, 2.05) is 6.92 Å². The molecule has 1 saturated carbocycles. The Morgan fingerprint density at radius 3 is 2.75 bits per heavy atom. The quantitative estimate of drug-likeness (QED) is 0.581. The summed E-state index contributed by atoms with van der Waals surface area (Å²) in [6.07, 6.45) is 6.81. The lowest BCUT2D eigenvalue weighted by atomic mass is 10.2. The molecule has 4 heteroatoms. The van der Waals surface area contributed by atoms with Crippen LogP contribution in [0.15, 0.2) is 17.3 Å². The maximum Gasteiger partial charge on any atom is 0.191 e. The highest BCUT2D eigenvalue weighted by Gasteiger charge is 2.30. The Kier molecular flexibility index (Phi) is 3.69. The SMILES string of the molecule is C/C=C/CSc1nnc(C(C)C)n1C1CC1. The smallest absolute Gasteiger partial charge is 0.191 e. The second-order valence-electron chi connectivity index (χ2n) is 4.48. The van der Waals surface area contributed by atoms with Gasteiger partial charge in [0.25, 0.3) is 0 Å². The van der Waals surface area contributed by atoms with E-state index in [4.69, 9.17) is 0 Å². The Labute approximate surface area is 101 Å². The highest BCUT2D eigenvalue weighted by molar-refractivity contribution is 7.99. The molecule has 0 bridgehead atoms. The molecule has 1 aliphatic carbocycles. The van der Waals surface area contributed by atoms with Gasteiger partial charge in [-0.25, -0.2) is 0 Å². The third-order valence-corrected chi connectivity index (χ3v) is 3.56. The summed E-state index contributed by atoms with van der Waals surface area (Å²) < 4.78 is 2.35. The number of hydrogen-bond acceptors (Lipinski definition) is 3. The molecule has 0 aromatic carbocycles. The zero-order chi connectivity index (χ0) is 11.5. The van der Waals surface area contributed by atoms with E-state index in [2.05, 4.69) is 40.8 Å². The Hall–Kier alpha value is -0.770. The summed E-state index contributed by atoms with van der Waals surface area (Å²) in [5.41, 5.74) is 0. The zero-order valence-corrected chi connectivity index (χ0v) is 11.0. The average molecular weight is 237 g/mol. The van der Waals surface area contributed by atoms with Crippen LogP contribution in [0.25, 0.3) is 0 Å². The van der Waals surface area contributed by atoms with Crippen molar-refractivity contribution in [3.05, 3.63) is 18.0 Å². The van der Waals surface area contributed by atoms with Crippen molar-refractivity contribution < 1.29 is 0 Å². The van der Waals surface area contributed by atoms with Crippen molar-refractivity contribution in [3.63, 3.8) is 0 Å². The minimum atomic E-state index is 0.462. The van der Waals surface area contributed by atoms with Crippen LogP contribution in [-0.2, 0) is 0 Å². The van der Waals surface area contributed by atoms with E-state index in [9.17, 15) is 0 Å². The molecule has 0 N–H and O–H groups in total. The van der Waals surface area contributed by atoms with Gasteiger partial charge in [-0.15, -0.1) is 10.2 Å². The van der Waals surface area contributed by atoms with Gasteiger partial charge in [-0.2, -0.15) is 0 Å². The van der Waals surface area contributed by atoms with Gasteiger partial charge in [0.15, 0.2) is 5.16 Å². The second-order valence-corrected chi connectivity index (χ2v) is 5.46. The molecule has 0 saturated heterocycles. The number of rotatable bonds is 5. The van der Waals surface area contributed by atoms with Crippen LogP contribution in [0.5, 0.6) is 0 Å². The van der Waals surface area contributed by atoms with E-state index in [1.54, 1.807) is 11.8 Å². The molecule has 0 amide bonds. The Bertz CT molecular complexity index is 378. The van der Waals surface area contributed by atoms with Crippen molar-refractivity contribution in [2.24, 2.45) is 0 Å². The van der Waals surface area contributed by atoms with Crippen molar-refractivity contribution in [2.75, 3.05) is 5.75 Å². The lowest BCUT2D eigenvalue weighted by Gasteiger charge is -2.09. The first-order valence-electron chi connectivity index (χ1n) is 5.92. The summed E-state index contributed by atoms with van der Waals surface area (Å²) in [6, 6.07) is 0.667. The predicted octanol–water partition coefficient (Wildman–Crippen LogP) is 3.40. The van der Waals surface area contributed by atoms with E-state index in [0.29, 0.717) is 12.0 Å². The van der Waals surface area contributed by atoms with Crippen LogP contribution >= 0.6 is 11.8 Å². The van der Waals surface area contributed by atoms with Gasteiger partial charge < -0.3 is 4.57 Å². The Morgan fingerprint density at radius 1 is 1.44 bits per heavy atom. The third kappa shape index (κ3) is 2.48. The minimum Gasteiger partial charge on any atom is -0.303 e. The van der Waals surface area contributed by atoms with Gasteiger partial charge in [0.2, 0.25) is 0 Å². The van der Waals surface area contributed by atoms with Crippen molar-refractivity contribution in [3.8, 4) is 0 Å².